The molecule has 12 nitrogen and oxygen atoms in total. The van der Waals surface area contributed by atoms with Gasteiger partial charge in [-0.2, -0.15) is 10.5 Å². The highest BCUT2D eigenvalue weighted by Crippen LogP contribution is 2.68. The second-order valence-electron chi connectivity index (χ2n) is 9.06. The van der Waals surface area contributed by atoms with Crippen LogP contribution in [-0.4, -0.2) is 37.0 Å². The fourth-order valence-electron chi connectivity index (χ4n) is 4.26. The van der Waals surface area contributed by atoms with Crippen LogP contribution in [0.2, 0.25) is 5.15 Å². The van der Waals surface area contributed by atoms with E-state index in [0.717, 1.165) is 0 Å². The molecule has 3 atom stereocenters. The number of aryl methyl sites for hydroxylation is 1. The summed E-state index contributed by atoms with van der Waals surface area (Å²) in [4.78, 5) is 33.7. The van der Waals surface area contributed by atoms with Gasteiger partial charge in [-0.3, -0.25) is 15.1 Å². The Labute approximate surface area is 217 Å². The fraction of sp³-hybridized carbons (Fsp3) is 0.333. The number of pyridine rings is 2. The summed E-state index contributed by atoms with van der Waals surface area (Å²) >= 11 is 6.07. The molecule has 1 aliphatic rings. The van der Waals surface area contributed by atoms with Gasteiger partial charge < -0.3 is 10.1 Å². The summed E-state index contributed by atoms with van der Waals surface area (Å²) < 4.78 is 6.77. The van der Waals surface area contributed by atoms with Gasteiger partial charge in [-0.15, -0.1) is 5.10 Å². The van der Waals surface area contributed by atoms with Crippen LogP contribution in [0, 0.1) is 39.4 Å². The van der Waals surface area contributed by atoms with Gasteiger partial charge in [0.1, 0.15) is 11.3 Å². The van der Waals surface area contributed by atoms with E-state index in [0.29, 0.717) is 16.9 Å². The van der Waals surface area contributed by atoms with E-state index in [1.165, 1.54) is 17.1 Å². The second kappa shape index (κ2) is 9.48. The van der Waals surface area contributed by atoms with E-state index >= 15 is 0 Å². The normalized spacial score (nSPS) is 20.1. The molecule has 1 aliphatic carbocycles. The largest absolute Gasteiger partial charge is 0.441 e. The number of carbonyl (C=O) groups is 2. The minimum Gasteiger partial charge on any atom is -0.441 e. The number of amides is 2. The molecule has 188 valence electrons. The summed E-state index contributed by atoms with van der Waals surface area (Å²) in [6, 6.07) is 10.6. The number of carbonyl (C=O) groups excluding carboxylic acids is 2. The minimum absolute atomic E-state index is 0.233. The van der Waals surface area contributed by atoms with E-state index in [4.69, 9.17) is 16.3 Å². The average Bonchev–Trinajstić information content (AvgIpc) is 3.16. The molecule has 0 saturated heterocycles. The van der Waals surface area contributed by atoms with Crippen LogP contribution < -0.4 is 10.6 Å². The van der Waals surface area contributed by atoms with Gasteiger partial charge in [0.25, 0.3) is 0 Å². The number of nitrogens with zero attached hydrogens (tertiary/aromatic N) is 7. The van der Waals surface area contributed by atoms with Crippen molar-refractivity contribution in [1.82, 2.24) is 25.0 Å². The van der Waals surface area contributed by atoms with Crippen molar-refractivity contribution in [2.75, 3.05) is 10.6 Å². The lowest BCUT2D eigenvalue weighted by Gasteiger charge is -2.15. The van der Waals surface area contributed by atoms with E-state index in [2.05, 4.69) is 30.9 Å². The van der Waals surface area contributed by atoms with Gasteiger partial charge in [0.15, 0.2) is 16.9 Å². The molecule has 1 fully saturated rings. The maximum absolute atomic E-state index is 12.8. The molecule has 1 saturated carbocycles. The van der Waals surface area contributed by atoms with Gasteiger partial charge in [0.05, 0.1) is 35.6 Å². The molecule has 3 aromatic heterocycles. The van der Waals surface area contributed by atoms with Crippen molar-refractivity contribution in [3.05, 3.63) is 47.4 Å². The van der Waals surface area contributed by atoms with Crippen LogP contribution >= 0.6 is 11.6 Å². The van der Waals surface area contributed by atoms with Crippen LogP contribution in [0.1, 0.15) is 32.4 Å². The average molecular weight is 520 g/mol. The molecular formula is C24H22ClN9O3. The number of hydrogen-bond donors (Lipinski definition) is 2. The predicted octanol–water partition coefficient (Wildman–Crippen LogP) is 3.86. The van der Waals surface area contributed by atoms with Crippen molar-refractivity contribution in [2.45, 2.75) is 26.9 Å². The van der Waals surface area contributed by atoms with Crippen LogP contribution in [0.5, 0.6) is 0 Å². The van der Waals surface area contributed by atoms with Crippen molar-refractivity contribution < 1.29 is 14.3 Å². The first kappa shape index (κ1) is 25.5. The quantitative estimate of drug-likeness (QED) is 0.458. The molecule has 2 N–H and O–H groups in total. The number of nitrogens with one attached hydrogen (secondary N) is 2. The van der Waals surface area contributed by atoms with E-state index in [1.54, 1.807) is 52.1 Å². The number of halogens is 1. The smallest absolute Gasteiger partial charge is 0.413 e. The zero-order valence-electron chi connectivity index (χ0n) is 20.4. The fourth-order valence-corrected chi connectivity index (χ4v) is 4.54. The molecule has 13 heteroatoms. The molecule has 2 unspecified atom stereocenters. The van der Waals surface area contributed by atoms with Crippen molar-refractivity contribution in [3.8, 4) is 23.5 Å². The predicted molar refractivity (Wildman–Crippen MR) is 132 cm³/mol. The topological polar surface area (TPSA) is 172 Å². The third kappa shape index (κ3) is 4.32. The first-order valence-corrected chi connectivity index (χ1v) is 11.5. The third-order valence-corrected chi connectivity index (χ3v) is 6.89. The van der Waals surface area contributed by atoms with E-state index < -0.39 is 34.9 Å². The number of anilines is 2. The number of aromatic nitrogens is 5. The lowest BCUT2D eigenvalue weighted by atomic mass is 9.96. The molecule has 3 heterocycles. The first-order chi connectivity index (χ1) is 17.6. The Hall–Kier alpha value is -4.55. The molecular weight excluding hydrogens is 498 g/mol. The van der Waals surface area contributed by atoms with Gasteiger partial charge in [-0.1, -0.05) is 36.7 Å². The summed E-state index contributed by atoms with van der Waals surface area (Å²) in [7, 11) is 1.59. The van der Waals surface area contributed by atoms with Gasteiger partial charge in [-0.05, 0) is 25.1 Å². The van der Waals surface area contributed by atoms with Gasteiger partial charge in [-0.25, -0.2) is 14.5 Å². The van der Waals surface area contributed by atoms with Gasteiger partial charge in [0.2, 0.25) is 5.91 Å². The number of hydrogen-bond acceptors (Lipinski definition) is 9. The molecule has 0 spiro atoms. The van der Waals surface area contributed by atoms with Crippen LogP contribution in [0.3, 0.4) is 0 Å². The van der Waals surface area contributed by atoms with E-state index in [1.807, 2.05) is 12.1 Å². The Morgan fingerprint density at radius 1 is 1.22 bits per heavy atom. The summed E-state index contributed by atoms with van der Waals surface area (Å²) in [6.07, 6.45) is 1.50. The second-order valence-corrected chi connectivity index (χ2v) is 9.41. The summed E-state index contributed by atoms with van der Waals surface area (Å²) in [5.41, 5.74) is -0.673. The van der Waals surface area contributed by atoms with Crippen molar-refractivity contribution >= 4 is 35.1 Å². The first-order valence-electron chi connectivity index (χ1n) is 11.1. The maximum atomic E-state index is 12.8. The molecule has 3 aromatic rings. The number of rotatable bonds is 6. The van der Waals surface area contributed by atoms with Crippen molar-refractivity contribution in [2.24, 2.45) is 23.8 Å². The molecule has 4 rings (SSSR count). The number of ether oxygens (including phenoxy) is 1. The highest BCUT2D eigenvalue weighted by atomic mass is 35.5. The highest BCUT2D eigenvalue weighted by molar-refractivity contribution is 6.30. The summed E-state index contributed by atoms with van der Waals surface area (Å²) in [5.74, 6) is -1.03. The van der Waals surface area contributed by atoms with Gasteiger partial charge >= 0.3 is 6.09 Å². The molecule has 2 amide bonds. The Balaban J connectivity index is 1.47. The SMILES string of the molecule is C[C@@H](OC(=O)Nc1c(-c2ccc(NC(=O)C3(C#N)C(C#N)C3(C)C)cn2)nnn1C)c1cccnc1Cl. The lowest BCUT2D eigenvalue weighted by Crippen LogP contribution is -2.27. The maximum Gasteiger partial charge on any atom is 0.413 e. The monoisotopic (exact) mass is 519 g/mol. The standard InChI is InChI=1S/C24H22ClN9O3/c1-13(15-6-5-9-28-19(15)25)37-22(36)31-20-18(32-33-34(20)4)16-8-7-14(11-29-16)30-21(35)24(12-27)17(10-26)23(24,2)3/h5-9,11,13,17H,1-4H3,(H,30,35)(H,31,36)/t13-,17?,24?/m1/s1. The van der Waals surface area contributed by atoms with E-state index in [-0.39, 0.29) is 16.7 Å². The van der Waals surface area contributed by atoms with Crippen LogP contribution in [0.25, 0.3) is 11.4 Å². The molecule has 37 heavy (non-hydrogen) atoms. The van der Waals surface area contributed by atoms with Gasteiger partial charge in [0, 0.05) is 24.2 Å². The Kier molecular flexibility index (Phi) is 6.55. The van der Waals surface area contributed by atoms with Crippen LogP contribution in [0.15, 0.2) is 36.7 Å². The van der Waals surface area contributed by atoms with Crippen LogP contribution in [-0.2, 0) is 16.6 Å². The highest BCUT2D eigenvalue weighted by Gasteiger charge is 2.77. The van der Waals surface area contributed by atoms with Crippen molar-refractivity contribution in [1.29, 1.82) is 10.5 Å². The minimum atomic E-state index is -1.43. The summed E-state index contributed by atoms with van der Waals surface area (Å²) in [5, 5.41) is 32.5. The molecule has 0 bridgehead atoms. The Morgan fingerprint density at radius 3 is 2.57 bits per heavy atom. The number of nitriles is 2. The van der Waals surface area contributed by atoms with E-state index in [9.17, 15) is 20.1 Å². The molecule has 0 aliphatic heterocycles. The third-order valence-electron chi connectivity index (χ3n) is 6.57. The molecule has 0 aromatic carbocycles. The Morgan fingerprint density at radius 2 is 1.97 bits per heavy atom. The van der Waals surface area contributed by atoms with Crippen LogP contribution in [0.4, 0.5) is 16.3 Å². The zero-order chi connectivity index (χ0) is 27.0. The summed E-state index contributed by atoms with van der Waals surface area (Å²) in [6.45, 7) is 5.09. The van der Waals surface area contributed by atoms with Crippen molar-refractivity contribution in [3.63, 3.8) is 0 Å². The zero-order valence-corrected chi connectivity index (χ0v) is 21.1. The Bertz CT molecular complexity index is 1460. The lowest BCUT2D eigenvalue weighted by molar-refractivity contribution is -0.120. The molecule has 0 radical (unpaired) electrons.